The molecule has 0 bridgehead atoms. The van der Waals surface area contributed by atoms with Crippen molar-refractivity contribution < 1.29 is 23.9 Å². The van der Waals surface area contributed by atoms with E-state index in [4.69, 9.17) is 44.3 Å². The Bertz CT molecular complexity index is 869. The van der Waals surface area contributed by atoms with Crippen LogP contribution in [0.25, 0.3) is 0 Å². The number of amides is 2. The average Bonchev–Trinajstić information content (AvgIpc) is 2.64. The average molecular weight is 432 g/mol. The largest absolute Gasteiger partial charge is 0.496 e. The summed E-state index contributed by atoms with van der Waals surface area (Å²) >= 11 is 17.6. The van der Waals surface area contributed by atoms with Crippen LogP contribution in [0.5, 0.6) is 5.75 Å². The fourth-order valence-corrected chi connectivity index (χ4v) is 2.71. The maximum absolute atomic E-state index is 12.1. The van der Waals surface area contributed by atoms with Crippen molar-refractivity contribution in [3.8, 4) is 5.75 Å². The number of benzene rings is 2. The van der Waals surface area contributed by atoms with E-state index in [1.54, 1.807) is 12.1 Å². The number of rotatable bonds is 5. The highest BCUT2D eigenvalue weighted by atomic mass is 35.5. The Morgan fingerprint density at radius 1 is 1.00 bits per heavy atom. The van der Waals surface area contributed by atoms with Crippen LogP contribution in [-0.4, -0.2) is 31.5 Å². The van der Waals surface area contributed by atoms with Gasteiger partial charge in [0, 0.05) is 5.02 Å². The van der Waals surface area contributed by atoms with Gasteiger partial charge in [-0.15, -0.1) is 0 Å². The number of hydrogen-bond donors (Lipinski definition) is 2. The molecule has 0 fully saturated rings. The van der Waals surface area contributed by atoms with Crippen LogP contribution in [0.1, 0.15) is 20.7 Å². The molecule has 2 aromatic carbocycles. The fourth-order valence-electron chi connectivity index (χ4n) is 1.98. The summed E-state index contributed by atoms with van der Waals surface area (Å²) in [6, 6.07) is 8.92. The third-order valence-electron chi connectivity index (χ3n) is 3.22. The highest BCUT2D eigenvalue weighted by molar-refractivity contribution is 6.39. The Kier molecular flexibility index (Phi) is 7.29. The Balaban J connectivity index is 1.90. The van der Waals surface area contributed by atoms with Crippen LogP contribution >= 0.6 is 34.8 Å². The van der Waals surface area contributed by atoms with Gasteiger partial charge in [0.05, 0.1) is 28.3 Å². The van der Waals surface area contributed by atoms with E-state index in [-0.39, 0.29) is 26.9 Å². The predicted octanol–water partition coefficient (Wildman–Crippen LogP) is 3.27. The van der Waals surface area contributed by atoms with Crippen LogP contribution < -0.4 is 15.6 Å². The van der Waals surface area contributed by atoms with Gasteiger partial charge in [0.2, 0.25) is 0 Å². The summed E-state index contributed by atoms with van der Waals surface area (Å²) in [6.07, 6.45) is 0. The lowest BCUT2D eigenvalue weighted by atomic mass is 10.2. The number of halogens is 3. The smallest absolute Gasteiger partial charge is 0.341 e. The van der Waals surface area contributed by atoms with Crippen molar-refractivity contribution in [1.82, 2.24) is 10.9 Å². The lowest BCUT2D eigenvalue weighted by Gasteiger charge is -2.11. The van der Waals surface area contributed by atoms with Crippen molar-refractivity contribution in [3.63, 3.8) is 0 Å². The summed E-state index contributed by atoms with van der Waals surface area (Å²) in [5.41, 5.74) is 4.34. The van der Waals surface area contributed by atoms with Crippen LogP contribution in [-0.2, 0) is 9.53 Å². The van der Waals surface area contributed by atoms with Crippen LogP contribution in [0.4, 0.5) is 0 Å². The molecule has 0 aliphatic heterocycles. The van der Waals surface area contributed by atoms with Crippen molar-refractivity contribution in [2.75, 3.05) is 13.7 Å². The van der Waals surface area contributed by atoms with Gasteiger partial charge >= 0.3 is 5.97 Å². The van der Waals surface area contributed by atoms with E-state index in [1.165, 1.54) is 31.4 Å². The second-order valence-electron chi connectivity index (χ2n) is 5.02. The zero-order chi connectivity index (χ0) is 20.0. The van der Waals surface area contributed by atoms with Gasteiger partial charge in [-0.05, 0) is 30.3 Å². The van der Waals surface area contributed by atoms with Crippen molar-refractivity contribution >= 4 is 52.6 Å². The quantitative estimate of drug-likeness (QED) is 0.560. The highest BCUT2D eigenvalue weighted by Gasteiger charge is 2.18. The third-order valence-corrected chi connectivity index (χ3v) is 4.09. The zero-order valence-electron chi connectivity index (χ0n) is 13.8. The second-order valence-corrected chi connectivity index (χ2v) is 6.27. The Morgan fingerprint density at radius 3 is 2.30 bits per heavy atom. The first kappa shape index (κ1) is 20.8. The number of hydrazine groups is 1. The van der Waals surface area contributed by atoms with Gasteiger partial charge in [0.25, 0.3) is 11.8 Å². The Hall–Kier alpha value is -2.48. The number of ether oxygens (including phenoxy) is 2. The molecular formula is C17H13Cl3N2O5. The van der Waals surface area contributed by atoms with Gasteiger partial charge in [-0.3, -0.25) is 20.4 Å². The Labute approximate surface area is 169 Å². The zero-order valence-corrected chi connectivity index (χ0v) is 16.1. The molecule has 10 heteroatoms. The van der Waals surface area contributed by atoms with Crippen LogP contribution in [0.15, 0.2) is 36.4 Å². The highest BCUT2D eigenvalue weighted by Crippen LogP contribution is 2.25. The number of carbonyl (C=O) groups excluding carboxylic acids is 3. The van der Waals surface area contributed by atoms with Gasteiger partial charge in [0.1, 0.15) is 5.75 Å². The first-order valence-corrected chi connectivity index (χ1v) is 8.50. The molecule has 0 radical (unpaired) electrons. The van der Waals surface area contributed by atoms with E-state index in [0.29, 0.717) is 5.02 Å². The van der Waals surface area contributed by atoms with E-state index in [0.717, 1.165) is 0 Å². The molecule has 0 unspecified atom stereocenters. The summed E-state index contributed by atoms with van der Waals surface area (Å²) in [5.74, 6) is -2.04. The lowest BCUT2D eigenvalue weighted by molar-refractivity contribution is -0.125. The SMILES string of the molecule is COc1ccc(Cl)cc1C(=O)NNC(=O)COC(=O)c1c(Cl)cccc1Cl. The lowest BCUT2D eigenvalue weighted by Crippen LogP contribution is -2.43. The Morgan fingerprint density at radius 2 is 1.67 bits per heavy atom. The number of carbonyl (C=O) groups is 3. The summed E-state index contributed by atoms with van der Waals surface area (Å²) < 4.78 is 9.89. The van der Waals surface area contributed by atoms with Crippen molar-refractivity contribution in [3.05, 3.63) is 62.6 Å². The molecule has 0 heterocycles. The molecular weight excluding hydrogens is 419 g/mol. The van der Waals surface area contributed by atoms with Crippen molar-refractivity contribution in [1.29, 1.82) is 0 Å². The van der Waals surface area contributed by atoms with Crippen LogP contribution in [0.3, 0.4) is 0 Å². The molecule has 142 valence electrons. The molecule has 2 rings (SSSR count). The molecule has 0 spiro atoms. The first-order valence-electron chi connectivity index (χ1n) is 7.37. The molecule has 2 amide bonds. The molecule has 0 saturated carbocycles. The molecule has 2 N–H and O–H groups in total. The monoisotopic (exact) mass is 430 g/mol. The molecule has 2 aromatic rings. The van der Waals surface area contributed by atoms with Gasteiger partial charge < -0.3 is 9.47 Å². The molecule has 0 aromatic heterocycles. The summed E-state index contributed by atoms with van der Waals surface area (Å²) in [6.45, 7) is -0.659. The summed E-state index contributed by atoms with van der Waals surface area (Å²) in [7, 11) is 1.39. The molecule has 0 aliphatic carbocycles. The van der Waals surface area contributed by atoms with E-state index in [9.17, 15) is 14.4 Å². The summed E-state index contributed by atoms with van der Waals surface area (Å²) in [4.78, 5) is 35.9. The third kappa shape index (κ3) is 5.50. The minimum Gasteiger partial charge on any atom is -0.496 e. The minimum absolute atomic E-state index is 0.0543. The predicted molar refractivity (Wildman–Crippen MR) is 100 cm³/mol. The van der Waals surface area contributed by atoms with Crippen molar-refractivity contribution in [2.24, 2.45) is 0 Å². The molecule has 0 atom stereocenters. The van der Waals surface area contributed by atoms with Gasteiger partial charge in [0.15, 0.2) is 6.61 Å². The number of nitrogens with one attached hydrogen (secondary N) is 2. The topological polar surface area (TPSA) is 93.7 Å². The van der Waals surface area contributed by atoms with E-state index >= 15 is 0 Å². The maximum atomic E-state index is 12.1. The van der Waals surface area contributed by atoms with Crippen molar-refractivity contribution in [2.45, 2.75) is 0 Å². The van der Waals surface area contributed by atoms with Gasteiger partial charge in [-0.2, -0.15) is 0 Å². The maximum Gasteiger partial charge on any atom is 0.341 e. The number of hydrogen-bond acceptors (Lipinski definition) is 5. The molecule has 27 heavy (non-hydrogen) atoms. The summed E-state index contributed by atoms with van der Waals surface area (Å²) in [5, 5.41) is 0.501. The molecule has 0 saturated heterocycles. The fraction of sp³-hybridized carbons (Fsp3) is 0.118. The van der Waals surface area contributed by atoms with Gasteiger partial charge in [-0.25, -0.2) is 4.79 Å². The number of methoxy groups -OCH3 is 1. The van der Waals surface area contributed by atoms with Gasteiger partial charge in [-0.1, -0.05) is 40.9 Å². The van der Waals surface area contributed by atoms with Crippen LogP contribution in [0.2, 0.25) is 15.1 Å². The molecule has 0 aliphatic rings. The second kappa shape index (κ2) is 9.45. The van der Waals surface area contributed by atoms with E-state index in [1.807, 2.05) is 0 Å². The van der Waals surface area contributed by atoms with E-state index < -0.39 is 24.4 Å². The van der Waals surface area contributed by atoms with Crippen LogP contribution in [0, 0.1) is 0 Å². The normalized spacial score (nSPS) is 10.1. The first-order chi connectivity index (χ1) is 12.8. The standard InChI is InChI=1S/C17H13Cl3N2O5/c1-26-13-6-5-9(18)7-10(13)16(24)22-21-14(23)8-27-17(25)15-11(19)3-2-4-12(15)20/h2-7H,8H2,1H3,(H,21,23)(H,22,24). The number of esters is 1. The van der Waals surface area contributed by atoms with E-state index in [2.05, 4.69) is 10.9 Å². The molecule has 7 nitrogen and oxygen atoms in total. The minimum atomic E-state index is -0.872.